The van der Waals surface area contributed by atoms with E-state index in [0.29, 0.717) is 13.2 Å². The van der Waals surface area contributed by atoms with E-state index in [4.69, 9.17) is 9.47 Å². The molecule has 2 rings (SSSR count). The first-order valence-corrected chi connectivity index (χ1v) is 8.84. The molecule has 0 saturated heterocycles. The van der Waals surface area contributed by atoms with Crippen molar-refractivity contribution >= 4 is 11.7 Å². The van der Waals surface area contributed by atoms with Crippen LogP contribution in [0.2, 0.25) is 0 Å². The zero-order chi connectivity index (χ0) is 19.1. The van der Waals surface area contributed by atoms with E-state index in [0.717, 1.165) is 22.7 Å². The van der Waals surface area contributed by atoms with Gasteiger partial charge >= 0.3 is 6.03 Å². The fourth-order valence-corrected chi connectivity index (χ4v) is 2.40. The van der Waals surface area contributed by atoms with Crippen LogP contribution in [0.3, 0.4) is 0 Å². The summed E-state index contributed by atoms with van der Waals surface area (Å²) in [4.78, 5) is 13.6. The standard InChI is InChI=1S/C21H28N2O3/c1-15(2)22-21(24)23(5)18-8-10-19(11-9-18)25-12-13-26-20-14-16(3)6-7-17(20)4/h6-11,14-15H,12-13H2,1-5H3,(H,22,24). The van der Waals surface area contributed by atoms with E-state index in [2.05, 4.69) is 17.4 Å². The van der Waals surface area contributed by atoms with Crippen molar-refractivity contribution in [2.45, 2.75) is 33.7 Å². The second-order valence-corrected chi connectivity index (χ2v) is 6.62. The van der Waals surface area contributed by atoms with Gasteiger partial charge in [-0.3, -0.25) is 4.90 Å². The highest BCUT2D eigenvalue weighted by Crippen LogP contribution is 2.20. The molecule has 1 N–H and O–H groups in total. The van der Waals surface area contributed by atoms with E-state index in [1.54, 1.807) is 11.9 Å². The van der Waals surface area contributed by atoms with Crippen molar-refractivity contribution < 1.29 is 14.3 Å². The minimum atomic E-state index is -0.129. The van der Waals surface area contributed by atoms with Gasteiger partial charge in [0.05, 0.1) is 0 Å². The van der Waals surface area contributed by atoms with Gasteiger partial charge in [0, 0.05) is 18.8 Å². The third kappa shape index (κ3) is 5.69. The molecule has 2 aromatic carbocycles. The van der Waals surface area contributed by atoms with Crippen molar-refractivity contribution in [2.24, 2.45) is 0 Å². The topological polar surface area (TPSA) is 50.8 Å². The zero-order valence-corrected chi connectivity index (χ0v) is 16.2. The SMILES string of the molecule is Cc1ccc(C)c(OCCOc2ccc(N(C)C(=O)NC(C)C)cc2)c1. The smallest absolute Gasteiger partial charge is 0.321 e. The van der Waals surface area contributed by atoms with E-state index < -0.39 is 0 Å². The number of amides is 2. The lowest BCUT2D eigenvalue weighted by Gasteiger charge is -2.20. The molecule has 26 heavy (non-hydrogen) atoms. The molecule has 5 heteroatoms. The van der Waals surface area contributed by atoms with Crippen LogP contribution in [0.1, 0.15) is 25.0 Å². The molecule has 0 aliphatic rings. The Bertz CT molecular complexity index is 727. The summed E-state index contributed by atoms with van der Waals surface area (Å²) in [5.74, 6) is 1.64. The van der Waals surface area contributed by atoms with Gasteiger partial charge in [-0.15, -0.1) is 0 Å². The van der Waals surface area contributed by atoms with Crippen molar-refractivity contribution in [2.75, 3.05) is 25.2 Å². The Hall–Kier alpha value is -2.69. The van der Waals surface area contributed by atoms with E-state index in [1.807, 2.05) is 58.0 Å². The first kappa shape index (κ1) is 19.6. The van der Waals surface area contributed by atoms with E-state index in [1.165, 1.54) is 5.56 Å². The first-order chi connectivity index (χ1) is 12.4. The second-order valence-electron chi connectivity index (χ2n) is 6.62. The fraction of sp³-hybridized carbons (Fsp3) is 0.381. The average molecular weight is 356 g/mol. The van der Waals surface area contributed by atoms with Gasteiger partial charge in [0.15, 0.2) is 0 Å². The number of nitrogens with one attached hydrogen (secondary N) is 1. The van der Waals surface area contributed by atoms with E-state index >= 15 is 0 Å². The van der Waals surface area contributed by atoms with Crippen LogP contribution >= 0.6 is 0 Å². The molecule has 0 atom stereocenters. The number of anilines is 1. The Balaban J connectivity index is 1.82. The number of ether oxygens (including phenoxy) is 2. The molecule has 0 saturated carbocycles. The molecule has 0 aliphatic heterocycles. The molecule has 0 unspecified atom stereocenters. The van der Waals surface area contributed by atoms with Crippen LogP contribution in [-0.4, -0.2) is 32.3 Å². The van der Waals surface area contributed by atoms with Gasteiger partial charge in [-0.1, -0.05) is 12.1 Å². The van der Waals surface area contributed by atoms with E-state index in [9.17, 15) is 4.79 Å². The molecule has 140 valence electrons. The molecule has 5 nitrogen and oxygen atoms in total. The monoisotopic (exact) mass is 356 g/mol. The number of rotatable bonds is 7. The summed E-state index contributed by atoms with van der Waals surface area (Å²) in [6.45, 7) is 8.87. The minimum absolute atomic E-state index is 0.101. The van der Waals surface area contributed by atoms with Gasteiger partial charge in [-0.25, -0.2) is 4.79 Å². The number of hydrogen-bond acceptors (Lipinski definition) is 3. The summed E-state index contributed by atoms with van der Waals surface area (Å²) in [6.07, 6.45) is 0. The summed E-state index contributed by atoms with van der Waals surface area (Å²) >= 11 is 0. The lowest BCUT2D eigenvalue weighted by Crippen LogP contribution is -2.40. The Labute approximate surface area is 155 Å². The lowest BCUT2D eigenvalue weighted by molar-refractivity contribution is 0.216. The predicted octanol–water partition coefficient (Wildman–Crippen LogP) is 4.32. The highest BCUT2D eigenvalue weighted by Gasteiger charge is 2.11. The number of urea groups is 1. The lowest BCUT2D eigenvalue weighted by atomic mass is 10.1. The highest BCUT2D eigenvalue weighted by atomic mass is 16.5. The van der Waals surface area contributed by atoms with Crippen molar-refractivity contribution in [3.05, 3.63) is 53.6 Å². The number of carbonyl (C=O) groups is 1. The second kappa shape index (κ2) is 9.13. The molecule has 0 aliphatic carbocycles. The Kier molecular flexibility index (Phi) is 6.89. The first-order valence-electron chi connectivity index (χ1n) is 8.84. The Morgan fingerprint density at radius 2 is 1.69 bits per heavy atom. The molecule has 0 heterocycles. The number of benzene rings is 2. The van der Waals surface area contributed by atoms with Gasteiger partial charge in [-0.05, 0) is 69.2 Å². The van der Waals surface area contributed by atoms with Crippen LogP contribution in [0.25, 0.3) is 0 Å². The van der Waals surface area contributed by atoms with Crippen molar-refractivity contribution in [1.82, 2.24) is 5.32 Å². The molecule has 2 amide bonds. The summed E-state index contributed by atoms with van der Waals surface area (Å²) in [5, 5.41) is 2.86. The normalized spacial score (nSPS) is 10.5. The van der Waals surface area contributed by atoms with Crippen LogP contribution in [0.15, 0.2) is 42.5 Å². The van der Waals surface area contributed by atoms with Gasteiger partial charge < -0.3 is 14.8 Å². The number of aryl methyl sites for hydroxylation is 2. The maximum absolute atomic E-state index is 12.0. The Morgan fingerprint density at radius 1 is 1.04 bits per heavy atom. The van der Waals surface area contributed by atoms with Crippen molar-refractivity contribution in [3.63, 3.8) is 0 Å². The minimum Gasteiger partial charge on any atom is -0.490 e. The summed E-state index contributed by atoms with van der Waals surface area (Å²) in [5.41, 5.74) is 3.09. The largest absolute Gasteiger partial charge is 0.490 e. The van der Waals surface area contributed by atoms with Gasteiger partial charge in [0.2, 0.25) is 0 Å². The third-order valence-electron chi connectivity index (χ3n) is 3.89. The number of nitrogens with zero attached hydrogens (tertiary/aromatic N) is 1. The molecule has 2 aromatic rings. The quantitative estimate of drug-likeness (QED) is 0.752. The van der Waals surface area contributed by atoms with Crippen LogP contribution < -0.4 is 19.7 Å². The maximum atomic E-state index is 12.0. The molecule has 0 radical (unpaired) electrons. The molecule has 0 aromatic heterocycles. The van der Waals surface area contributed by atoms with Crippen molar-refractivity contribution in [3.8, 4) is 11.5 Å². The zero-order valence-electron chi connectivity index (χ0n) is 16.2. The predicted molar refractivity (Wildman–Crippen MR) is 105 cm³/mol. The van der Waals surface area contributed by atoms with Gasteiger partial charge in [0.25, 0.3) is 0 Å². The maximum Gasteiger partial charge on any atom is 0.321 e. The van der Waals surface area contributed by atoms with Crippen LogP contribution in [0, 0.1) is 13.8 Å². The van der Waals surface area contributed by atoms with E-state index in [-0.39, 0.29) is 12.1 Å². The molecular formula is C21H28N2O3. The van der Waals surface area contributed by atoms with Crippen LogP contribution in [0.5, 0.6) is 11.5 Å². The number of carbonyl (C=O) groups excluding carboxylic acids is 1. The number of hydrogen-bond donors (Lipinski definition) is 1. The molecular weight excluding hydrogens is 328 g/mol. The molecule has 0 fully saturated rings. The highest BCUT2D eigenvalue weighted by molar-refractivity contribution is 5.91. The van der Waals surface area contributed by atoms with Gasteiger partial charge in [-0.2, -0.15) is 0 Å². The molecule has 0 bridgehead atoms. The van der Waals surface area contributed by atoms with Crippen LogP contribution in [0.4, 0.5) is 10.5 Å². The summed E-state index contributed by atoms with van der Waals surface area (Å²) < 4.78 is 11.5. The summed E-state index contributed by atoms with van der Waals surface area (Å²) in [6, 6.07) is 13.6. The average Bonchev–Trinajstić information content (AvgIpc) is 2.61. The van der Waals surface area contributed by atoms with Gasteiger partial charge in [0.1, 0.15) is 24.7 Å². The third-order valence-corrected chi connectivity index (χ3v) is 3.89. The molecule has 0 spiro atoms. The van der Waals surface area contributed by atoms with Crippen LogP contribution in [-0.2, 0) is 0 Å². The fourth-order valence-electron chi connectivity index (χ4n) is 2.40. The summed E-state index contributed by atoms with van der Waals surface area (Å²) in [7, 11) is 1.74. The Morgan fingerprint density at radius 3 is 2.35 bits per heavy atom. The van der Waals surface area contributed by atoms with Crippen molar-refractivity contribution in [1.29, 1.82) is 0 Å².